The van der Waals surface area contributed by atoms with E-state index in [0.717, 1.165) is 0 Å². The van der Waals surface area contributed by atoms with Crippen molar-refractivity contribution in [3.8, 4) is 0 Å². The van der Waals surface area contributed by atoms with Crippen molar-refractivity contribution in [2.24, 2.45) is 0 Å². The number of carbonyl (C=O) groups is 1. The zero-order valence-electron chi connectivity index (χ0n) is 6.14. The van der Waals surface area contributed by atoms with Gasteiger partial charge in [-0.1, -0.05) is 15.9 Å². The third-order valence-electron chi connectivity index (χ3n) is 1.18. The Bertz CT molecular complexity index is 274. The number of amides is 1. The minimum atomic E-state index is -0.249. The summed E-state index contributed by atoms with van der Waals surface area (Å²) in [6, 6.07) is 3.07. The molecule has 0 fully saturated rings. The lowest BCUT2D eigenvalue weighted by molar-refractivity contribution is 0.0929. The molecular weight excluding hydrogens is 245 g/mol. The topological polar surface area (TPSA) is 42.2 Å². The summed E-state index contributed by atoms with van der Waals surface area (Å²) in [6.07, 6.45) is 0. The van der Waals surface area contributed by atoms with Crippen LogP contribution in [0.25, 0.3) is 0 Å². The molecule has 66 valence electrons. The fraction of sp³-hybridized carbons (Fsp3) is 0.286. The highest BCUT2D eigenvalue weighted by Gasteiger charge is 2.08. The van der Waals surface area contributed by atoms with Crippen LogP contribution < -0.4 is 5.32 Å². The Morgan fingerprint density at radius 2 is 2.42 bits per heavy atom. The van der Waals surface area contributed by atoms with Crippen LogP contribution >= 0.6 is 27.5 Å². The van der Waals surface area contributed by atoms with Crippen LogP contribution in [0.5, 0.6) is 0 Å². The molecule has 0 aromatic carbocycles. The van der Waals surface area contributed by atoms with Crippen LogP contribution in [0, 0.1) is 0 Å². The summed E-state index contributed by atoms with van der Waals surface area (Å²) in [5.74, 6) is -0.0118. The van der Waals surface area contributed by atoms with Crippen molar-refractivity contribution in [1.82, 2.24) is 5.32 Å². The first-order chi connectivity index (χ1) is 5.74. The van der Waals surface area contributed by atoms with Gasteiger partial charge in [0, 0.05) is 11.9 Å². The Kier molecular flexibility index (Phi) is 3.62. The molecule has 0 aliphatic carbocycles. The van der Waals surface area contributed by atoms with Gasteiger partial charge in [0.15, 0.2) is 11.0 Å². The molecule has 0 unspecified atom stereocenters. The maximum Gasteiger partial charge on any atom is 0.287 e. The molecular formula is C7H7BrClNO2. The van der Waals surface area contributed by atoms with Gasteiger partial charge in [-0.3, -0.25) is 4.79 Å². The number of halogens is 2. The standard InChI is InChI=1S/C7H7BrClNO2/c8-3-4-10-7(11)5-1-2-6(9)12-5/h1-2H,3-4H2,(H,10,11). The van der Waals surface area contributed by atoms with E-state index >= 15 is 0 Å². The Morgan fingerprint density at radius 1 is 1.67 bits per heavy atom. The predicted octanol–water partition coefficient (Wildman–Crippen LogP) is 2.06. The summed E-state index contributed by atoms with van der Waals surface area (Å²) in [7, 11) is 0. The smallest absolute Gasteiger partial charge is 0.287 e. The molecule has 1 amide bonds. The molecule has 0 saturated carbocycles. The minimum Gasteiger partial charge on any atom is -0.440 e. The van der Waals surface area contributed by atoms with Crippen molar-refractivity contribution in [2.45, 2.75) is 0 Å². The van der Waals surface area contributed by atoms with Gasteiger partial charge in [-0.25, -0.2) is 0 Å². The number of hydrogen-bond acceptors (Lipinski definition) is 2. The lowest BCUT2D eigenvalue weighted by atomic mass is 10.4. The molecule has 1 rings (SSSR count). The second-order valence-electron chi connectivity index (χ2n) is 2.05. The van der Waals surface area contributed by atoms with Gasteiger partial charge < -0.3 is 9.73 Å². The normalized spacial score (nSPS) is 9.83. The minimum absolute atomic E-state index is 0.221. The average Bonchev–Trinajstić information content (AvgIpc) is 2.47. The quantitative estimate of drug-likeness (QED) is 0.837. The van der Waals surface area contributed by atoms with E-state index in [4.69, 9.17) is 16.0 Å². The number of alkyl halides is 1. The van der Waals surface area contributed by atoms with Crippen molar-refractivity contribution in [2.75, 3.05) is 11.9 Å². The largest absolute Gasteiger partial charge is 0.440 e. The second-order valence-corrected chi connectivity index (χ2v) is 3.21. The number of rotatable bonds is 3. The highest BCUT2D eigenvalue weighted by Crippen LogP contribution is 2.12. The van der Waals surface area contributed by atoms with Gasteiger partial charge in [-0.15, -0.1) is 0 Å². The van der Waals surface area contributed by atoms with Crippen molar-refractivity contribution in [3.63, 3.8) is 0 Å². The molecule has 12 heavy (non-hydrogen) atoms. The summed E-state index contributed by atoms with van der Waals surface area (Å²) in [4.78, 5) is 11.1. The Labute approximate surface area is 83.2 Å². The molecule has 1 aromatic heterocycles. The molecule has 1 aromatic rings. The molecule has 0 radical (unpaired) electrons. The maximum atomic E-state index is 11.1. The first-order valence-electron chi connectivity index (χ1n) is 3.33. The zero-order valence-corrected chi connectivity index (χ0v) is 8.48. The molecule has 0 saturated heterocycles. The molecule has 0 spiro atoms. The summed E-state index contributed by atoms with van der Waals surface area (Å²) < 4.78 is 4.88. The van der Waals surface area contributed by atoms with Crippen LogP contribution in [-0.2, 0) is 0 Å². The van der Waals surface area contributed by atoms with Crippen LogP contribution in [-0.4, -0.2) is 17.8 Å². The first kappa shape index (κ1) is 9.61. The molecule has 0 bridgehead atoms. The van der Waals surface area contributed by atoms with Gasteiger partial charge in [0.25, 0.3) is 5.91 Å². The highest BCUT2D eigenvalue weighted by atomic mass is 79.9. The van der Waals surface area contributed by atoms with Crippen molar-refractivity contribution in [3.05, 3.63) is 23.1 Å². The molecule has 5 heteroatoms. The van der Waals surface area contributed by atoms with Crippen LogP contribution in [0.15, 0.2) is 16.5 Å². The van der Waals surface area contributed by atoms with Gasteiger partial charge in [-0.2, -0.15) is 0 Å². The van der Waals surface area contributed by atoms with Gasteiger partial charge in [0.05, 0.1) is 0 Å². The van der Waals surface area contributed by atoms with Crippen LogP contribution in [0.3, 0.4) is 0 Å². The highest BCUT2D eigenvalue weighted by molar-refractivity contribution is 9.09. The number of furan rings is 1. The van der Waals surface area contributed by atoms with E-state index in [-0.39, 0.29) is 16.9 Å². The second kappa shape index (κ2) is 4.52. The first-order valence-corrected chi connectivity index (χ1v) is 4.83. The Morgan fingerprint density at radius 3 is 2.92 bits per heavy atom. The third-order valence-corrected chi connectivity index (χ3v) is 1.78. The van der Waals surface area contributed by atoms with E-state index in [1.807, 2.05) is 0 Å². The summed E-state index contributed by atoms with van der Waals surface area (Å²) >= 11 is 8.67. The van der Waals surface area contributed by atoms with E-state index in [1.54, 1.807) is 0 Å². The van der Waals surface area contributed by atoms with Gasteiger partial charge in [0.2, 0.25) is 0 Å². The van der Waals surface area contributed by atoms with E-state index in [1.165, 1.54) is 12.1 Å². The van der Waals surface area contributed by atoms with E-state index in [2.05, 4.69) is 21.2 Å². The molecule has 0 atom stereocenters. The SMILES string of the molecule is O=C(NCCBr)c1ccc(Cl)o1. The molecule has 0 aliphatic heterocycles. The lowest BCUT2D eigenvalue weighted by Crippen LogP contribution is -2.24. The van der Waals surface area contributed by atoms with Crippen molar-refractivity contribution >= 4 is 33.4 Å². The van der Waals surface area contributed by atoms with Gasteiger partial charge in [0.1, 0.15) is 0 Å². The molecule has 1 heterocycles. The maximum absolute atomic E-state index is 11.1. The molecule has 0 aliphatic rings. The van der Waals surface area contributed by atoms with E-state index < -0.39 is 0 Å². The molecule has 1 N–H and O–H groups in total. The number of carbonyl (C=O) groups excluding carboxylic acids is 1. The zero-order chi connectivity index (χ0) is 8.97. The predicted molar refractivity (Wildman–Crippen MR) is 49.8 cm³/mol. The van der Waals surface area contributed by atoms with Crippen LogP contribution in [0.2, 0.25) is 5.22 Å². The van der Waals surface area contributed by atoms with Crippen LogP contribution in [0.1, 0.15) is 10.6 Å². The van der Waals surface area contributed by atoms with Crippen molar-refractivity contribution < 1.29 is 9.21 Å². The fourth-order valence-electron chi connectivity index (χ4n) is 0.684. The van der Waals surface area contributed by atoms with E-state index in [0.29, 0.717) is 11.9 Å². The summed E-state index contributed by atoms with van der Waals surface area (Å²) in [5.41, 5.74) is 0. The summed E-state index contributed by atoms with van der Waals surface area (Å²) in [5, 5.41) is 3.56. The Balaban J connectivity index is 2.53. The average molecular weight is 252 g/mol. The molecule has 3 nitrogen and oxygen atoms in total. The van der Waals surface area contributed by atoms with Gasteiger partial charge in [-0.05, 0) is 23.7 Å². The monoisotopic (exact) mass is 251 g/mol. The van der Waals surface area contributed by atoms with Crippen LogP contribution in [0.4, 0.5) is 0 Å². The van der Waals surface area contributed by atoms with E-state index in [9.17, 15) is 4.79 Å². The number of hydrogen-bond donors (Lipinski definition) is 1. The fourth-order valence-corrected chi connectivity index (χ4v) is 1.03. The lowest BCUT2D eigenvalue weighted by Gasteiger charge is -1.97. The summed E-state index contributed by atoms with van der Waals surface area (Å²) in [6.45, 7) is 0.567. The number of nitrogens with one attached hydrogen (secondary N) is 1. The van der Waals surface area contributed by atoms with Gasteiger partial charge >= 0.3 is 0 Å². The Hall–Kier alpha value is -0.480. The third kappa shape index (κ3) is 2.53. The van der Waals surface area contributed by atoms with Crippen molar-refractivity contribution in [1.29, 1.82) is 0 Å².